The molecule has 2 aromatic heterocycles. The molecule has 0 amide bonds. The van der Waals surface area contributed by atoms with E-state index in [1.165, 1.54) is 23.7 Å². The third-order valence-corrected chi connectivity index (χ3v) is 4.12. The summed E-state index contributed by atoms with van der Waals surface area (Å²) in [6.45, 7) is 3.94. The molecule has 27 heavy (non-hydrogen) atoms. The number of hydrogen-bond donors (Lipinski definition) is 2. The van der Waals surface area contributed by atoms with Gasteiger partial charge in [0.05, 0.1) is 10.6 Å². The summed E-state index contributed by atoms with van der Waals surface area (Å²) < 4.78 is 2.84. The van der Waals surface area contributed by atoms with Crippen LogP contribution in [0.4, 0.5) is 11.6 Å². The number of nitrogens with one attached hydrogen (secondary N) is 2. The number of anilines is 1. The number of imidazole rings is 1. The van der Waals surface area contributed by atoms with Crippen molar-refractivity contribution in [2.24, 2.45) is 12.1 Å². The number of rotatable bonds is 5. The van der Waals surface area contributed by atoms with Crippen molar-refractivity contribution in [3.8, 4) is 0 Å². The Morgan fingerprint density at radius 1 is 1.41 bits per heavy atom. The van der Waals surface area contributed by atoms with Crippen LogP contribution in [0.1, 0.15) is 19.4 Å². The van der Waals surface area contributed by atoms with E-state index in [2.05, 4.69) is 20.5 Å². The first-order chi connectivity index (χ1) is 12.8. The molecule has 3 rings (SSSR count). The molecule has 0 atom stereocenters. The van der Waals surface area contributed by atoms with Crippen LogP contribution in [0.15, 0.2) is 39.0 Å². The van der Waals surface area contributed by atoms with Crippen molar-refractivity contribution in [1.82, 2.24) is 19.1 Å². The first-order valence-electron chi connectivity index (χ1n) is 8.08. The normalized spacial score (nSPS) is 11.7. The molecule has 0 spiro atoms. The van der Waals surface area contributed by atoms with Crippen molar-refractivity contribution < 1.29 is 4.92 Å². The fraction of sp³-hybridized carbons (Fsp3) is 0.250. The lowest BCUT2D eigenvalue weighted by molar-refractivity contribution is -0.384. The maximum atomic E-state index is 12.1. The lowest BCUT2D eigenvalue weighted by Gasteiger charge is -2.06. The molecule has 2 N–H and O–H groups in total. The Bertz CT molecular complexity index is 1190. The first kappa shape index (κ1) is 18.0. The summed E-state index contributed by atoms with van der Waals surface area (Å²) in [4.78, 5) is 40.9. The van der Waals surface area contributed by atoms with E-state index < -0.39 is 16.2 Å². The van der Waals surface area contributed by atoms with E-state index in [4.69, 9.17) is 0 Å². The number of fused-ring (bicyclic) bond motifs is 1. The first-order valence-corrected chi connectivity index (χ1v) is 8.08. The van der Waals surface area contributed by atoms with Crippen LogP contribution in [0.25, 0.3) is 11.2 Å². The second-order valence-electron chi connectivity index (χ2n) is 5.79. The predicted octanol–water partition coefficient (Wildman–Crippen LogP) is 1.19. The van der Waals surface area contributed by atoms with Gasteiger partial charge in [-0.1, -0.05) is 12.1 Å². The standard InChI is InChI=1S/C16H17N7O4/c1-4-22-12-13(21(3)16(25)18-14(12)24)17-15(22)20-19-9(2)10-6-5-7-11(8-10)23(26)27/h5-8H,4H2,1-3H3,(H,17,20)(H,18,24,25)/b19-9-. The molecule has 0 fully saturated rings. The number of benzene rings is 1. The fourth-order valence-corrected chi connectivity index (χ4v) is 2.67. The molecule has 0 aliphatic carbocycles. The minimum Gasteiger partial charge on any atom is -0.303 e. The van der Waals surface area contributed by atoms with Gasteiger partial charge in [-0.05, 0) is 13.8 Å². The summed E-state index contributed by atoms with van der Waals surface area (Å²) in [5.74, 6) is 0.281. The fourth-order valence-electron chi connectivity index (χ4n) is 2.67. The van der Waals surface area contributed by atoms with Crippen LogP contribution in [0.3, 0.4) is 0 Å². The highest BCUT2D eigenvalue weighted by atomic mass is 16.6. The highest BCUT2D eigenvalue weighted by Gasteiger charge is 2.16. The van der Waals surface area contributed by atoms with E-state index in [0.29, 0.717) is 17.8 Å². The van der Waals surface area contributed by atoms with Gasteiger partial charge in [-0.15, -0.1) is 0 Å². The van der Waals surface area contributed by atoms with E-state index >= 15 is 0 Å². The van der Waals surface area contributed by atoms with Gasteiger partial charge < -0.3 is 4.57 Å². The molecule has 0 unspecified atom stereocenters. The van der Waals surface area contributed by atoms with Gasteiger partial charge in [0, 0.05) is 31.3 Å². The van der Waals surface area contributed by atoms with Crippen molar-refractivity contribution in [2.75, 3.05) is 5.43 Å². The van der Waals surface area contributed by atoms with Gasteiger partial charge in [-0.25, -0.2) is 10.2 Å². The Balaban J connectivity index is 2.03. The summed E-state index contributed by atoms with van der Waals surface area (Å²) >= 11 is 0. The van der Waals surface area contributed by atoms with Crippen molar-refractivity contribution in [3.05, 3.63) is 60.8 Å². The van der Waals surface area contributed by atoms with Crippen molar-refractivity contribution in [3.63, 3.8) is 0 Å². The number of non-ortho nitro benzene ring substituents is 1. The second kappa shape index (κ2) is 6.86. The average Bonchev–Trinajstić information content (AvgIpc) is 3.03. The topological polar surface area (TPSA) is 140 Å². The molecule has 140 valence electrons. The monoisotopic (exact) mass is 371 g/mol. The Labute approximate surface area is 152 Å². The third-order valence-electron chi connectivity index (χ3n) is 4.12. The lowest BCUT2D eigenvalue weighted by Crippen LogP contribution is -2.29. The van der Waals surface area contributed by atoms with Gasteiger partial charge in [-0.2, -0.15) is 10.1 Å². The minimum absolute atomic E-state index is 0.0376. The van der Waals surface area contributed by atoms with E-state index in [0.717, 1.165) is 0 Å². The number of hydrazone groups is 1. The molecule has 11 heteroatoms. The van der Waals surface area contributed by atoms with Gasteiger partial charge in [0.1, 0.15) is 0 Å². The van der Waals surface area contributed by atoms with E-state index in [1.54, 1.807) is 23.6 Å². The largest absolute Gasteiger partial charge is 0.329 e. The summed E-state index contributed by atoms with van der Waals surface area (Å²) in [6, 6.07) is 6.08. The van der Waals surface area contributed by atoms with Crippen molar-refractivity contribution in [1.29, 1.82) is 0 Å². The van der Waals surface area contributed by atoms with Crippen LogP contribution in [0.5, 0.6) is 0 Å². The Kier molecular flexibility index (Phi) is 4.59. The molecule has 2 heterocycles. The molecule has 3 aromatic rings. The Morgan fingerprint density at radius 3 is 2.81 bits per heavy atom. The summed E-state index contributed by atoms with van der Waals surface area (Å²) in [7, 11) is 1.51. The van der Waals surface area contributed by atoms with Gasteiger partial charge in [0.25, 0.3) is 11.2 Å². The Morgan fingerprint density at radius 2 is 2.15 bits per heavy atom. The molecule has 0 aliphatic rings. The van der Waals surface area contributed by atoms with Gasteiger partial charge in [0.15, 0.2) is 11.2 Å². The van der Waals surface area contributed by atoms with Crippen molar-refractivity contribution in [2.45, 2.75) is 20.4 Å². The van der Waals surface area contributed by atoms with E-state index in [1.807, 2.05) is 6.92 Å². The number of nitrogens with zero attached hydrogens (tertiary/aromatic N) is 5. The van der Waals surface area contributed by atoms with Crippen molar-refractivity contribution >= 4 is 28.5 Å². The molecule has 11 nitrogen and oxygen atoms in total. The molecule has 0 aliphatic heterocycles. The van der Waals surface area contributed by atoms with E-state index in [9.17, 15) is 19.7 Å². The maximum absolute atomic E-state index is 12.1. The number of nitro groups is 1. The minimum atomic E-state index is -0.559. The summed E-state index contributed by atoms with van der Waals surface area (Å²) in [5, 5.41) is 15.1. The number of aryl methyl sites for hydroxylation is 2. The van der Waals surface area contributed by atoms with Gasteiger partial charge >= 0.3 is 5.69 Å². The van der Waals surface area contributed by atoms with E-state index in [-0.39, 0.29) is 22.8 Å². The zero-order chi connectivity index (χ0) is 19.7. The summed E-state index contributed by atoms with van der Waals surface area (Å²) in [6.07, 6.45) is 0. The lowest BCUT2D eigenvalue weighted by atomic mass is 10.1. The molecule has 0 saturated carbocycles. The molecule has 0 saturated heterocycles. The highest BCUT2D eigenvalue weighted by Crippen LogP contribution is 2.16. The molecular weight excluding hydrogens is 354 g/mol. The maximum Gasteiger partial charge on any atom is 0.329 e. The quantitative estimate of drug-likeness (QED) is 0.392. The number of hydrogen-bond acceptors (Lipinski definition) is 7. The van der Waals surface area contributed by atoms with Gasteiger partial charge in [-0.3, -0.25) is 24.5 Å². The zero-order valence-corrected chi connectivity index (χ0v) is 14.9. The Hall–Kier alpha value is -3.76. The summed E-state index contributed by atoms with van der Waals surface area (Å²) in [5.41, 5.74) is 3.20. The van der Waals surface area contributed by atoms with Gasteiger partial charge in [0.2, 0.25) is 5.95 Å². The molecule has 0 radical (unpaired) electrons. The molecule has 0 bridgehead atoms. The number of H-pyrrole nitrogens is 1. The van der Waals surface area contributed by atoms with Crippen LogP contribution < -0.4 is 16.7 Å². The molecule has 1 aromatic carbocycles. The number of nitro benzene ring substituents is 1. The average molecular weight is 371 g/mol. The van der Waals surface area contributed by atoms with Crippen LogP contribution in [0.2, 0.25) is 0 Å². The van der Waals surface area contributed by atoms with Crippen LogP contribution >= 0.6 is 0 Å². The number of aromatic nitrogens is 4. The van der Waals surface area contributed by atoms with Crippen LogP contribution in [-0.4, -0.2) is 29.7 Å². The highest BCUT2D eigenvalue weighted by molar-refractivity contribution is 5.99. The van der Waals surface area contributed by atoms with Crippen LogP contribution in [-0.2, 0) is 13.6 Å². The zero-order valence-electron chi connectivity index (χ0n) is 14.9. The molecular formula is C16H17N7O4. The second-order valence-corrected chi connectivity index (χ2v) is 5.79. The number of aromatic amines is 1. The smallest absolute Gasteiger partial charge is 0.303 e. The van der Waals surface area contributed by atoms with Crippen LogP contribution in [0, 0.1) is 10.1 Å². The predicted molar refractivity (Wildman–Crippen MR) is 100 cm³/mol. The SMILES string of the molecule is CCn1c(N/N=C(/C)c2cccc([N+](=O)[O-])c2)nc2c1c(=O)[nH]c(=O)n2C. The third kappa shape index (κ3) is 3.21.